The zero-order valence-corrected chi connectivity index (χ0v) is 17.3. The summed E-state index contributed by atoms with van der Waals surface area (Å²) in [6.45, 7) is 3.46. The largest absolute Gasteiger partial charge is 0.726 e. The first-order valence-electron chi connectivity index (χ1n) is 10.3. The lowest BCUT2D eigenvalue weighted by Gasteiger charge is -2.20. The number of benzene rings is 1. The Hall–Kier alpha value is -1.24. The second-order valence-corrected chi connectivity index (χ2v) is 8.47. The highest BCUT2D eigenvalue weighted by molar-refractivity contribution is 7.80. The van der Waals surface area contributed by atoms with Gasteiger partial charge in [0.05, 0.1) is 0 Å². The van der Waals surface area contributed by atoms with Crippen molar-refractivity contribution in [3.63, 3.8) is 0 Å². The minimum atomic E-state index is -4.68. The summed E-state index contributed by atoms with van der Waals surface area (Å²) in [5.41, 5.74) is 2.45. The summed E-state index contributed by atoms with van der Waals surface area (Å²) in [5, 5.41) is 0. The van der Waals surface area contributed by atoms with Gasteiger partial charge in [-0.2, -0.15) is 0 Å². The van der Waals surface area contributed by atoms with Crippen LogP contribution in [0.5, 0.6) is 0 Å². The van der Waals surface area contributed by atoms with Crippen LogP contribution in [0.25, 0.3) is 0 Å². The van der Waals surface area contributed by atoms with Gasteiger partial charge in [-0.1, -0.05) is 76.5 Å². The summed E-state index contributed by atoms with van der Waals surface area (Å²) >= 11 is 0. The topological polar surface area (TPSA) is 69.4 Å². The molecule has 0 fully saturated rings. The van der Waals surface area contributed by atoms with E-state index in [0.717, 1.165) is 37.8 Å². The van der Waals surface area contributed by atoms with Crippen LogP contribution >= 0.6 is 0 Å². The molecular formula is C21H33NO4S. The number of rotatable bonds is 13. The Balaban J connectivity index is 1.81. The molecule has 1 atom stereocenters. The van der Waals surface area contributed by atoms with Gasteiger partial charge in [-0.3, -0.25) is 4.18 Å². The lowest BCUT2D eigenvalue weighted by atomic mass is 10.0. The summed E-state index contributed by atoms with van der Waals surface area (Å²) in [7, 11) is -4.68. The molecule has 2 rings (SSSR count). The van der Waals surface area contributed by atoms with Gasteiger partial charge < -0.3 is 4.55 Å². The van der Waals surface area contributed by atoms with E-state index in [0.29, 0.717) is 13.0 Å². The van der Waals surface area contributed by atoms with E-state index in [1.165, 1.54) is 37.7 Å². The highest BCUT2D eigenvalue weighted by Crippen LogP contribution is 2.15. The zero-order valence-electron chi connectivity index (χ0n) is 16.4. The third-order valence-electron chi connectivity index (χ3n) is 5.12. The molecule has 0 amide bonds. The molecule has 1 unspecified atom stereocenters. The van der Waals surface area contributed by atoms with Crippen molar-refractivity contribution in [3.05, 3.63) is 35.4 Å². The molecule has 27 heavy (non-hydrogen) atoms. The van der Waals surface area contributed by atoms with Gasteiger partial charge in [0.2, 0.25) is 10.4 Å². The second-order valence-electron chi connectivity index (χ2n) is 7.46. The predicted molar refractivity (Wildman–Crippen MR) is 107 cm³/mol. The Morgan fingerprint density at radius 2 is 1.74 bits per heavy atom. The Morgan fingerprint density at radius 3 is 2.44 bits per heavy atom. The molecular weight excluding hydrogens is 362 g/mol. The normalized spacial score (nSPS) is 15.3. The monoisotopic (exact) mass is 395 g/mol. The maximum absolute atomic E-state index is 11.1. The van der Waals surface area contributed by atoms with Crippen LogP contribution in [0.3, 0.4) is 0 Å². The van der Waals surface area contributed by atoms with Gasteiger partial charge in [0, 0.05) is 12.0 Å². The van der Waals surface area contributed by atoms with Crippen molar-refractivity contribution in [2.75, 3.05) is 13.1 Å². The molecule has 1 aromatic carbocycles. The second kappa shape index (κ2) is 11.6. The molecule has 0 radical (unpaired) electrons. The van der Waals surface area contributed by atoms with Crippen LogP contribution in [-0.4, -0.2) is 43.0 Å². The molecule has 0 N–H and O–H groups in total. The smallest absolute Gasteiger partial charge is 0.218 e. The fourth-order valence-corrected chi connectivity index (χ4v) is 4.15. The maximum Gasteiger partial charge on any atom is 0.218 e. The predicted octanol–water partition coefficient (Wildman–Crippen LogP) is 4.05. The first-order valence-corrected chi connectivity index (χ1v) is 11.6. The van der Waals surface area contributed by atoms with E-state index in [1.807, 2.05) is 18.3 Å². The van der Waals surface area contributed by atoms with E-state index < -0.39 is 16.5 Å². The van der Waals surface area contributed by atoms with E-state index in [9.17, 15) is 13.0 Å². The van der Waals surface area contributed by atoms with Gasteiger partial charge >= 0.3 is 0 Å². The van der Waals surface area contributed by atoms with Gasteiger partial charge in [0.25, 0.3) is 0 Å². The molecule has 1 aliphatic rings. The molecule has 0 aliphatic carbocycles. The van der Waals surface area contributed by atoms with E-state index in [-0.39, 0.29) is 0 Å². The summed E-state index contributed by atoms with van der Waals surface area (Å²) < 4.78 is 40.2. The van der Waals surface area contributed by atoms with Gasteiger partial charge in [0.15, 0.2) is 12.8 Å². The molecule has 0 saturated heterocycles. The fourth-order valence-electron chi connectivity index (χ4n) is 3.66. The van der Waals surface area contributed by atoms with Crippen molar-refractivity contribution < 1.29 is 21.7 Å². The standard InChI is InChI=1S/C21H33NO4S/c1-2-3-4-5-6-7-8-9-14-21(26-27(23,24)25)18-22-16-15-19-12-10-11-13-20(19)17-22/h10-13,17,21H,2-9,14-16,18H2,1H3. The van der Waals surface area contributed by atoms with E-state index >= 15 is 0 Å². The van der Waals surface area contributed by atoms with Crippen molar-refractivity contribution in [3.8, 4) is 0 Å². The van der Waals surface area contributed by atoms with Crippen LogP contribution in [0, 0.1) is 0 Å². The molecule has 6 heteroatoms. The van der Waals surface area contributed by atoms with Gasteiger partial charge in [-0.15, -0.1) is 0 Å². The lowest BCUT2D eigenvalue weighted by Crippen LogP contribution is -2.33. The molecule has 0 saturated carbocycles. The first-order chi connectivity index (χ1) is 13.0. The third-order valence-corrected chi connectivity index (χ3v) is 5.62. The molecule has 1 aliphatic heterocycles. The minimum Gasteiger partial charge on any atom is -0.726 e. The highest BCUT2D eigenvalue weighted by Gasteiger charge is 2.22. The van der Waals surface area contributed by atoms with Gasteiger partial charge in [-0.05, 0) is 18.1 Å². The summed E-state index contributed by atoms with van der Waals surface area (Å²) in [6, 6.07) is 8.19. The van der Waals surface area contributed by atoms with Gasteiger partial charge in [-0.25, -0.2) is 13.0 Å². The number of nitrogens with zero attached hydrogens (tertiary/aromatic N) is 1. The van der Waals surface area contributed by atoms with E-state index in [1.54, 1.807) is 0 Å². The van der Waals surface area contributed by atoms with E-state index in [2.05, 4.69) is 23.6 Å². The van der Waals surface area contributed by atoms with Crippen LogP contribution in [-0.2, 0) is 21.0 Å². The van der Waals surface area contributed by atoms with Crippen molar-refractivity contribution in [1.82, 2.24) is 0 Å². The van der Waals surface area contributed by atoms with Crippen LogP contribution in [0.4, 0.5) is 0 Å². The van der Waals surface area contributed by atoms with Gasteiger partial charge in [0.1, 0.15) is 12.6 Å². The van der Waals surface area contributed by atoms with Crippen molar-refractivity contribution in [1.29, 1.82) is 0 Å². The average molecular weight is 396 g/mol. The number of fused-ring (bicyclic) bond motifs is 1. The molecule has 0 spiro atoms. The molecule has 152 valence electrons. The molecule has 0 bridgehead atoms. The average Bonchev–Trinajstić information content (AvgIpc) is 2.62. The maximum atomic E-state index is 11.1. The van der Waals surface area contributed by atoms with Crippen molar-refractivity contribution >= 4 is 16.6 Å². The molecule has 5 nitrogen and oxygen atoms in total. The van der Waals surface area contributed by atoms with Crippen LogP contribution in [0.1, 0.15) is 75.8 Å². The summed E-state index contributed by atoms with van der Waals surface area (Å²) in [6.07, 6.45) is 12.4. The Morgan fingerprint density at radius 1 is 1.07 bits per heavy atom. The quantitative estimate of drug-likeness (QED) is 0.219. The number of hydrogen-bond donors (Lipinski definition) is 0. The Bertz CT molecular complexity index is 700. The minimum absolute atomic E-state index is 0.437. The Labute approximate surface area is 164 Å². The third kappa shape index (κ3) is 9.00. The number of unbranched alkanes of at least 4 members (excludes halogenated alkanes) is 7. The van der Waals surface area contributed by atoms with Crippen molar-refractivity contribution in [2.45, 2.75) is 77.2 Å². The van der Waals surface area contributed by atoms with Crippen LogP contribution in [0.15, 0.2) is 24.3 Å². The number of hydrogen-bond acceptors (Lipinski definition) is 4. The van der Waals surface area contributed by atoms with E-state index in [4.69, 9.17) is 4.18 Å². The lowest BCUT2D eigenvalue weighted by molar-refractivity contribution is -0.531. The highest BCUT2D eigenvalue weighted by atomic mass is 32.3. The first kappa shape index (κ1) is 22.1. The molecule has 0 aromatic heterocycles. The van der Waals surface area contributed by atoms with Crippen molar-refractivity contribution in [2.24, 2.45) is 0 Å². The van der Waals surface area contributed by atoms with Crippen LogP contribution < -0.4 is 0 Å². The van der Waals surface area contributed by atoms with Crippen LogP contribution in [0.2, 0.25) is 0 Å². The zero-order chi connectivity index (χ0) is 19.5. The SMILES string of the molecule is CCCCCCCCCCC(C[N+]1=Cc2ccccc2CC1)OS(=O)(=O)[O-]. The summed E-state index contributed by atoms with van der Waals surface area (Å²) in [4.78, 5) is 0. The fraction of sp³-hybridized carbons (Fsp3) is 0.667. The summed E-state index contributed by atoms with van der Waals surface area (Å²) in [5.74, 6) is 0. The molecule has 1 aromatic rings. The Kier molecular flexibility index (Phi) is 9.45. The molecule has 1 heterocycles.